The minimum atomic E-state index is -0.710. The van der Waals surface area contributed by atoms with Gasteiger partial charge >= 0.3 is 0 Å². The van der Waals surface area contributed by atoms with Crippen LogP contribution < -0.4 is 5.32 Å². The van der Waals surface area contributed by atoms with Crippen molar-refractivity contribution in [3.05, 3.63) is 97.6 Å². The Labute approximate surface area is 215 Å². The van der Waals surface area contributed by atoms with Gasteiger partial charge in [-0.3, -0.25) is 14.0 Å². The topological polar surface area (TPSA) is 95.5 Å². The van der Waals surface area contributed by atoms with E-state index >= 15 is 0 Å². The number of carbonyl (C=O) groups is 1. The zero-order valence-electron chi connectivity index (χ0n) is 20.1. The number of nitrogens with one attached hydrogen (secondary N) is 1. The highest BCUT2D eigenvalue weighted by Gasteiger charge is 2.14. The number of benzene rings is 3. The van der Waals surface area contributed by atoms with E-state index in [2.05, 4.69) is 25.5 Å². The van der Waals surface area contributed by atoms with E-state index in [-0.39, 0.29) is 18.0 Å². The first-order valence-electron chi connectivity index (χ1n) is 11.6. The van der Waals surface area contributed by atoms with Crippen molar-refractivity contribution in [3.8, 4) is 27.9 Å². The Morgan fingerprint density at radius 1 is 0.947 bits per heavy atom. The van der Waals surface area contributed by atoms with Crippen LogP contribution >= 0.6 is 0 Å². The Hall–Kier alpha value is -5.19. The molecule has 0 saturated carbocycles. The molecule has 38 heavy (non-hydrogen) atoms. The molecule has 0 aliphatic heterocycles. The fraction of sp³-hybridized carbons (Fsp3) is 0.0741. The number of amides is 1. The normalized spacial score (nSPS) is 11.2. The molecule has 0 unspecified atom stereocenters. The quantitative estimate of drug-likeness (QED) is 0.353. The van der Waals surface area contributed by atoms with Crippen molar-refractivity contribution in [2.75, 3.05) is 5.32 Å². The SMILES string of the molecule is Cn1cc(-c2ccc3c(c2)ncn3-c2cc(NC(=O)Cn3cncn3)cc(-c3ccc(F)cc3F)c2)cn1. The lowest BCUT2D eigenvalue weighted by Crippen LogP contribution is -2.19. The van der Waals surface area contributed by atoms with Gasteiger partial charge in [-0.05, 0) is 53.6 Å². The Morgan fingerprint density at radius 2 is 1.84 bits per heavy atom. The highest BCUT2D eigenvalue weighted by molar-refractivity contribution is 5.92. The number of aromatic nitrogens is 7. The van der Waals surface area contributed by atoms with E-state index < -0.39 is 11.6 Å². The van der Waals surface area contributed by atoms with Crippen molar-refractivity contribution < 1.29 is 13.6 Å². The Morgan fingerprint density at radius 3 is 2.61 bits per heavy atom. The molecular formula is C27H20F2N8O. The van der Waals surface area contributed by atoms with Crippen LogP contribution in [0.1, 0.15) is 0 Å². The minimum Gasteiger partial charge on any atom is -0.324 e. The van der Waals surface area contributed by atoms with Gasteiger partial charge in [-0.2, -0.15) is 10.2 Å². The average Bonchev–Trinajstić information content (AvgIpc) is 3.64. The van der Waals surface area contributed by atoms with Gasteiger partial charge < -0.3 is 5.32 Å². The highest BCUT2D eigenvalue weighted by Crippen LogP contribution is 2.31. The fourth-order valence-corrected chi connectivity index (χ4v) is 4.33. The van der Waals surface area contributed by atoms with Gasteiger partial charge in [0.25, 0.3) is 0 Å². The first-order valence-corrected chi connectivity index (χ1v) is 11.6. The molecular weight excluding hydrogens is 490 g/mol. The molecule has 6 rings (SSSR count). The maximum atomic E-state index is 14.7. The van der Waals surface area contributed by atoms with Crippen molar-refractivity contribution in [2.24, 2.45) is 7.05 Å². The van der Waals surface area contributed by atoms with Crippen molar-refractivity contribution in [3.63, 3.8) is 0 Å². The molecule has 0 radical (unpaired) electrons. The molecule has 11 heteroatoms. The fourth-order valence-electron chi connectivity index (χ4n) is 4.33. The molecule has 0 spiro atoms. The molecule has 1 N–H and O–H groups in total. The van der Waals surface area contributed by atoms with Gasteiger partial charge in [-0.1, -0.05) is 6.07 Å². The lowest BCUT2D eigenvalue weighted by atomic mass is 10.0. The summed E-state index contributed by atoms with van der Waals surface area (Å²) in [6.45, 7) is -0.0460. The van der Waals surface area contributed by atoms with Crippen LogP contribution in [0.5, 0.6) is 0 Å². The lowest BCUT2D eigenvalue weighted by molar-refractivity contribution is -0.116. The van der Waals surface area contributed by atoms with Crippen LogP contribution in [-0.2, 0) is 18.4 Å². The summed E-state index contributed by atoms with van der Waals surface area (Å²) < 4.78 is 33.3. The zero-order valence-corrected chi connectivity index (χ0v) is 20.1. The molecule has 0 aliphatic carbocycles. The molecule has 3 aromatic heterocycles. The molecule has 0 bridgehead atoms. The molecule has 1 amide bonds. The lowest BCUT2D eigenvalue weighted by Gasteiger charge is -2.13. The van der Waals surface area contributed by atoms with Crippen LogP contribution in [0, 0.1) is 11.6 Å². The highest BCUT2D eigenvalue weighted by atomic mass is 19.1. The summed E-state index contributed by atoms with van der Waals surface area (Å²) in [5.41, 5.74) is 5.23. The number of halogens is 2. The molecule has 0 atom stereocenters. The average molecular weight is 511 g/mol. The summed E-state index contributed by atoms with van der Waals surface area (Å²) in [6, 6.07) is 14.4. The van der Waals surface area contributed by atoms with Crippen LogP contribution in [0.3, 0.4) is 0 Å². The maximum Gasteiger partial charge on any atom is 0.246 e. The van der Waals surface area contributed by atoms with E-state index in [0.717, 1.165) is 28.2 Å². The molecule has 9 nitrogen and oxygen atoms in total. The number of hydrogen-bond acceptors (Lipinski definition) is 5. The van der Waals surface area contributed by atoms with Gasteiger partial charge in [0, 0.05) is 41.8 Å². The van der Waals surface area contributed by atoms with Crippen LogP contribution in [0.15, 0.2) is 86.0 Å². The molecule has 0 fully saturated rings. The van der Waals surface area contributed by atoms with Crippen LogP contribution in [0.25, 0.3) is 39.0 Å². The van der Waals surface area contributed by atoms with E-state index in [1.54, 1.807) is 35.4 Å². The van der Waals surface area contributed by atoms with Gasteiger partial charge in [-0.25, -0.2) is 23.4 Å². The zero-order chi connectivity index (χ0) is 26.2. The smallest absolute Gasteiger partial charge is 0.246 e. The maximum absolute atomic E-state index is 14.7. The van der Waals surface area contributed by atoms with Crippen LogP contribution in [-0.4, -0.2) is 40.0 Å². The predicted molar refractivity (Wildman–Crippen MR) is 137 cm³/mol. The second-order valence-corrected chi connectivity index (χ2v) is 8.75. The summed E-state index contributed by atoms with van der Waals surface area (Å²) in [6.07, 6.45) is 8.15. The molecule has 6 aromatic rings. The number of nitrogens with zero attached hydrogens (tertiary/aromatic N) is 7. The molecule has 3 heterocycles. The Kier molecular flexibility index (Phi) is 5.72. The summed E-state index contributed by atoms with van der Waals surface area (Å²) in [4.78, 5) is 21.1. The van der Waals surface area contributed by atoms with E-state index in [4.69, 9.17) is 0 Å². The third-order valence-electron chi connectivity index (χ3n) is 6.08. The third kappa shape index (κ3) is 4.52. The van der Waals surface area contributed by atoms with E-state index in [1.807, 2.05) is 36.0 Å². The number of fused-ring (bicyclic) bond motifs is 1. The molecule has 3 aromatic carbocycles. The van der Waals surface area contributed by atoms with Crippen molar-refractivity contribution in [1.82, 2.24) is 34.1 Å². The van der Waals surface area contributed by atoms with Gasteiger partial charge in [0.05, 0.1) is 17.2 Å². The summed E-state index contributed by atoms with van der Waals surface area (Å²) in [5.74, 6) is -1.72. The Balaban J connectivity index is 1.42. The predicted octanol–water partition coefficient (Wildman–Crippen LogP) is 4.60. The van der Waals surface area contributed by atoms with Crippen LogP contribution in [0.2, 0.25) is 0 Å². The number of hydrogen-bond donors (Lipinski definition) is 1. The number of imidazole rings is 1. The molecule has 0 aliphatic rings. The summed E-state index contributed by atoms with van der Waals surface area (Å²) in [5, 5.41) is 11.0. The van der Waals surface area contributed by atoms with E-state index in [9.17, 15) is 13.6 Å². The third-order valence-corrected chi connectivity index (χ3v) is 6.08. The number of rotatable bonds is 6. The van der Waals surface area contributed by atoms with E-state index in [0.29, 0.717) is 16.9 Å². The van der Waals surface area contributed by atoms with Crippen molar-refractivity contribution >= 4 is 22.6 Å². The molecule has 0 saturated heterocycles. The summed E-state index contributed by atoms with van der Waals surface area (Å²) >= 11 is 0. The second-order valence-electron chi connectivity index (χ2n) is 8.75. The largest absolute Gasteiger partial charge is 0.324 e. The minimum absolute atomic E-state index is 0.0460. The van der Waals surface area contributed by atoms with Gasteiger partial charge in [0.2, 0.25) is 5.91 Å². The second kappa shape index (κ2) is 9.36. The number of aryl methyl sites for hydroxylation is 1. The number of anilines is 1. The van der Waals surface area contributed by atoms with Gasteiger partial charge in [0.15, 0.2) is 0 Å². The van der Waals surface area contributed by atoms with Crippen molar-refractivity contribution in [1.29, 1.82) is 0 Å². The van der Waals surface area contributed by atoms with E-state index in [1.165, 1.54) is 29.5 Å². The molecule has 188 valence electrons. The van der Waals surface area contributed by atoms with Gasteiger partial charge in [0.1, 0.15) is 37.2 Å². The standard InChI is InChI=1S/C27H20F2N8O/c1-35-12-19(11-32-35)17-2-5-26-25(8-17)31-16-37(26)22-7-18(23-4-3-20(28)9-24(23)29)6-21(10-22)34-27(38)13-36-15-30-14-33-36/h2-12,14-16H,13H2,1H3,(H,34,38). The Bertz CT molecular complexity index is 1790. The van der Waals surface area contributed by atoms with Crippen LogP contribution in [0.4, 0.5) is 14.5 Å². The first kappa shape index (κ1) is 23.2. The monoisotopic (exact) mass is 510 g/mol. The number of carbonyl (C=O) groups excluding carboxylic acids is 1. The van der Waals surface area contributed by atoms with Gasteiger partial charge in [-0.15, -0.1) is 0 Å². The first-order chi connectivity index (χ1) is 18.4. The summed E-state index contributed by atoms with van der Waals surface area (Å²) in [7, 11) is 1.86. The van der Waals surface area contributed by atoms with Crippen molar-refractivity contribution in [2.45, 2.75) is 6.54 Å².